The number of sulfone groups is 1. The van der Waals surface area contributed by atoms with E-state index in [9.17, 15) is 34.8 Å². The van der Waals surface area contributed by atoms with Gasteiger partial charge in [-0.1, -0.05) is 29.8 Å². The summed E-state index contributed by atoms with van der Waals surface area (Å²) in [4.78, 5) is -0.0323. The predicted octanol–water partition coefficient (Wildman–Crippen LogP) is 7.91. The Balaban J connectivity index is 1.94. The molecule has 0 atom stereocenters. The van der Waals surface area contributed by atoms with Crippen LogP contribution in [0.3, 0.4) is 0 Å². The largest absolute Gasteiger partial charge is 0.435 e. The molecule has 0 bridgehead atoms. The van der Waals surface area contributed by atoms with Gasteiger partial charge in [-0.2, -0.15) is 31.4 Å². The minimum absolute atomic E-state index is 0.0323. The summed E-state index contributed by atoms with van der Waals surface area (Å²) >= 11 is 5.82. The zero-order chi connectivity index (χ0) is 29.5. The van der Waals surface area contributed by atoms with Crippen LogP contribution in [0, 0.1) is 6.92 Å². The topological polar surface area (TPSA) is 63.5 Å². The number of halogens is 7. The molecule has 3 aromatic carbocycles. The first kappa shape index (κ1) is 29.2. The van der Waals surface area contributed by atoms with Gasteiger partial charge in [0.15, 0.2) is 15.5 Å². The second kappa shape index (κ2) is 10.7. The second-order valence-corrected chi connectivity index (χ2v) is 11.2. The lowest BCUT2D eigenvalue weighted by atomic mass is 10.1. The van der Waals surface area contributed by atoms with E-state index in [1.807, 2.05) is 0 Å². The van der Waals surface area contributed by atoms with Crippen molar-refractivity contribution in [3.63, 3.8) is 0 Å². The monoisotopic (exact) mass is 599 g/mol. The van der Waals surface area contributed by atoms with Crippen molar-refractivity contribution in [1.82, 2.24) is 4.57 Å². The minimum Gasteiger partial charge on any atom is -0.313 e. The maximum atomic E-state index is 14.3. The standard InChI is InChI=1S/C27H20ClF6N3O2S/c1-16-23(25(27(32,33)34)36-35-20-10-8-19(28)9-11-20)15-24(17-6-12-22(13-7-17)40(2,38)39)37(16)21-5-3-4-18(14-21)26(29,30)31/h3-15,35H,1-2H3. The summed E-state index contributed by atoms with van der Waals surface area (Å²) in [5.41, 5.74) is 0.131. The first-order valence-electron chi connectivity index (χ1n) is 11.4. The van der Waals surface area contributed by atoms with Gasteiger partial charge in [0.1, 0.15) is 0 Å². The number of benzene rings is 3. The molecule has 0 aliphatic carbocycles. The van der Waals surface area contributed by atoms with E-state index in [0.717, 1.165) is 30.5 Å². The number of nitrogens with one attached hydrogen (secondary N) is 1. The minimum atomic E-state index is -4.96. The first-order chi connectivity index (χ1) is 18.6. The highest BCUT2D eigenvalue weighted by molar-refractivity contribution is 7.90. The predicted molar refractivity (Wildman–Crippen MR) is 142 cm³/mol. The van der Waals surface area contributed by atoms with Crippen LogP contribution in [0.1, 0.15) is 16.8 Å². The molecule has 1 aromatic heterocycles. The van der Waals surface area contributed by atoms with E-state index in [4.69, 9.17) is 11.6 Å². The van der Waals surface area contributed by atoms with E-state index in [2.05, 4.69) is 10.5 Å². The van der Waals surface area contributed by atoms with Crippen LogP contribution in [0.25, 0.3) is 16.9 Å². The molecule has 1 heterocycles. The van der Waals surface area contributed by atoms with Crippen LogP contribution < -0.4 is 5.43 Å². The van der Waals surface area contributed by atoms with Crippen molar-refractivity contribution in [1.29, 1.82) is 0 Å². The van der Waals surface area contributed by atoms with Gasteiger partial charge in [0, 0.05) is 28.2 Å². The summed E-state index contributed by atoms with van der Waals surface area (Å²) in [6.07, 6.45) is -8.66. The summed E-state index contributed by atoms with van der Waals surface area (Å²) in [5.74, 6) is 0. The Morgan fingerprint density at radius 2 is 1.52 bits per heavy atom. The Morgan fingerprint density at radius 1 is 0.900 bits per heavy atom. The Labute approximate surface area is 230 Å². The van der Waals surface area contributed by atoms with Crippen molar-refractivity contribution in [2.75, 3.05) is 11.7 Å². The van der Waals surface area contributed by atoms with Crippen LogP contribution in [0.4, 0.5) is 32.0 Å². The quantitative estimate of drug-likeness (QED) is 0.139. The molecule has 1 N–H and O–H groups in total. The van der Waals surface area contributed by atoms with Gasteiger partial charge < -0.3 is 4.57 Å². The summed E-state index contributed by atoms with van der Waals surface area (Å²) in [5, 5.41) is 3.96. The van der Waals surface area contributed by atoms with Gasteiger partial charge in [-0.05, 0) is 73.2 Å². The zero-order valence-electron chi connectivity index (χ0n) is 20.8. The van der Waals surface area contributed by atoms with E-state index in [1.165, 1.54) is 66.1 Å². The van der Waals surface area contributed by atoms with Crippen molar-refractivity contribution >= 4 is 32.8 Å². The molecule has 0 aliphatic heterocycles. The number of aromatic nitrogens is 1. The van der Waals surface area contributed by atoms with Gasteiger partial charge in [-0.25, -0.2) is 8.42 Å². The van der Waals surface area contributed by atoms with Crippen LogP contribution in [-0.4, -0.2) is 31.1 Å². The number of hydrogen-bond donors (Lipinski definition) is 1. The van der Waals surface area contributed by atoms with Crippen molar-refractivity contribution in [2.45, 2.75) is 24.2 Å². The third-order valence-corrected chi connectivity index (χ3v) is 7.30. The van der Waals surface area contributed by atoms with Crippen LogP contribution in [-0.2, 0) is 16.0 Å². The van der Waals surface area contributed by atoms with Crippen LogP contribution in [0.2, 0.25) is 5.02 Å². The number of hydrazone groups is 1. The highest BCUT2D eigenvalue weighted by Gasteiger charge is 2.40. The number of hydrogen-bond acceptors (Lipinski definition) is 4. The third-order valence-electron chi connectivity index (χ3n) is 5.92. The molecule has 40 heavy (non-hydrogen) atoms. The first-order valence-corrected chi connectivity index (χ1v) is 13.7. The van der Waals surface area contributed by atoms with Gasteiger partial charge in [0.05, 0.1) is 21.8 Å². The molecule has 0 spiro atoms. The lowest BCUT2D eigenvalue weighted by Gasteiger charge is -2.16. The highest BCUT2D eigenvalue weighted by Crippen LogP contribution is 2.36. The second-order valence-electron chi connectivity index (χ2n) is 8.79. The molecular weight excluding hydrogens is 580 g/mol. The maximum absolute atomic E-state index is 14.3. The summed E-state index contributed by atoms with van der Waals surface area (Å²) in [6, 6.07) is 16.3. The molecule has 0 amide bonds. The molecule has 0 fully saturated rings. The molecule has 4 rings (SSSR count). The molecule has 0 radical (unpaired) electrons. The third kappa shape index (κ3) is 6.34. The number of nitrogens with zero attached hydrogens (tertiary/aromatic N) is 2. The fraction of sp³-hybridized carbons (Fsp3) is 0.148. The number of anilines is 1. The average Bonchev–Trinajstić information content (AvgIpc) is 3.20. The van der Waals surface area contributed by atoms with E-state index in [-0.39, 0.29) is 33.2 Å². The highest BCUT2D eigenvalue weighted by atomic mass is 35.5. The van der Waals surface area contributed by atoms with Crippen molar-refractivity contribution in [3.8, 4) is 16.9 Å². The summed E-state index contributed by atoms with van der Waals surface area (Å²) < 4.78 is 108. The SMILES string of the molecule is Cc1c(C(=NNc2ccc(Cl)cc2)C(F)(F)F)cc(-c2ccc(S(C)(=O)=O)cc2)n1-c1cccc(C(F)(F)F)c1. The molecule has 210 valence electrons. The normalized spacial score (nSPS) is 13.0. The molecule has 4 aromatic rings. The van der Waals surface area contributed by atoms with Gasteiger partial charge >= 0.3 is 12.4 Å². The Kier molecular flexibility index (Phi) is 7.79. The molecule has 0 aliphatic rings. The molecule has 13 heteroatoms. The fourth-order valence-corrected chi connectivity index (χ4v) is 4.76. The van der Waals surface area contributed by atoms with E-state index >= 15 is 0 Å². The Morgan fingerprint density at radius 3 is 2.08 bits per heavy atom. The van der Waals surface area contributed by atoms with Crippen molar-refractivity contribution in [2.24, 2.45) is 5.10 Å². The zero-order valence-corrected chi connectivity index (χ0v) is 22.3. The van der Waals surface area contributed by atoms with E-state index in [1.54, 1.807) is 0 Å². The van der Waals surface area contributed by atoms with Crippen LogP contribution >= 0.6 is 11.6 Å². The Bertz CT molecular complexity index is 1680. The summed E-state index contributed by atoms with van der Waals surface area (Å²) in [6.45, 7) is 1.33. The molecule has 0 saturated carbocycles. The molecular formula is C27H20ClF6N3O2S. The molecule has 0 saturated heterocycles. The van der Waals surface area contributed by atoms with Gasteiger partial charge in [0.25, 0.3) is 0 Å². The fourth-order valence-electron chi connectivity index (χ4n) is 4.01. The van der Waals surface area contributed by atoms with Crippen molar-refractivity contribution < 1.29 is 34.8 Å². The molecule has 5 nitrogen and oxygen atoms in total. The van der Waals surface area contributed by atoms with Gasteiger partial charge in [0.2, 0.25) is 0 Å². The van der Waals surface area contributed by atoms with Crippen LogP contribution in [0.5, 0.6) is 0 Å². The van der Waals surface area contributed by atoms with Crippen LogP contribution in [0.15, 0.2) is 88.9 Å². The average molecular weight is 600 g/mol. The summed E-state index contributed by atoms with van der Waals surface area (Å²) in [7, 11) is -3.57. The van der Waals surface area contributed by atoms with E-state index < -0.39 is 39.0 Å². The van der Waals surface area contributed by atoms with Gasteiger partial charge in [-0.15, -0.1) is 0 Å². The Hall–Kier alpha value is -3.77. The lowest BCUT2D eigenvalue weighted by molar-refractivity contribution is -0.137. The van der Waals surface area contributed by atoms with E-state index in [0.29, 0.717) is 5.02 Å². The number of alkyl halides is 6. The lowest BCUT2D eigenvalue weighted by Crippen LogP contribution is -2.26. The molecule has 0 unspecified atom stereocenters. The number of rotatable bonds is 6. The van der Waals surface area contributed by atoms with Gasteiger partial charge in [-0.3, -0.25) is 5.43 Å². The smallest absolute Gasteiger partial charge is 0.313 e. The van der Waals surface area contributed by atoms with Crippen molar-refractivity contribution in [3.05, 3.63) is 101 Å². The maximum Gasteiger partial charge on any atom is 0.435 e.